The van der Waals surface area contributed by atoms with Crippen molar-refractivity contribution in [2.45, 2.75) is 25.1 Å². The Bertz CT molecular complexity index is 140. The number of aliphatic hydroxyl groups excluding tert-OH is 1. The molecule has 1 saturated heterocycles. The minimum Gasteiger partial charge on any atom is -0.384 e. The molecule has 2 atom stereocenters. The monoisotopic (exact) mass is 184 g/mol. The molecule has 0 aliphatic carbocycles. The van der Waals surface area contributed by atoms with Crippen LogP contribution in [0.25, 0.3) is 0 Å². The number of rotatable bonds is 2. The maximum atomic E-state index is 11.8. The smallest absolute Gasteiger partial charge is 0.384 e. The quantitative estimate of drug-likeness (QED) is 0.701. The van der Waals surface area contributed by atoms with E-state index in [1.165, 1.54) is 0 Å². The van der Waals surface area contributed by atoms with Gasteiger partial charge in [0, 0.05) is 13.2 Å². The minimum absolute atomic E-state index is 0.137. The van der Waals surface area contributed by atoms with E-state index in [-0.39, 0.29) is 12.3 Å². The maximum absolute atomic E-state index is 11.8. The van der Waals surface area contributed by atoms with Crippen molar-refractivity contribution in [2.24, 2.45) is 5.92 Å². The van der Waals surface area contributed by atoms with Gasteiger partial charge in [-0.15, -0.1) is 0 Å². The summed E-state index contributed by atoms with van der Waals surface area (Å²) in [6.07, 6.45) is -6.29. The van der Waals surface area contributed by atoms with Gasteiger partial charge < -0.3 is 9.84 Å². The molecule has 1 fully saturated rings. The van der Waals surface area contributed by atoms with Gasteiger partial charge in [-0.05, 0) is 18.8 Å². The van der Waals surface area contributed by atoms with Gasteiger partial charge in [0.05, 0.1) is 0 Å². The van der Waals surface area contributed by atoms with Crippen molar-refractivity contribution in [1.82, 2.24) is 0 Å². The summed E-state index contributed by atoms with van der Waals surface area (Å²) in [4.78, 5) is 0. The third-order valence-corrected chi connectivity index (χ3v) is 1.96. The molecule has 1 rings (SSSR count). The van der Waals surface area contributed by atoms with E-state index in [0.29, 0.717) is 19.6 Å². The number of hydrogen-bond donors (Lipinski definition) is 1. The molecule has 0 spiro atoms. The largest absolute Gasteiger partial charge is 0.414 e. The number of ether oxygens (including phenoxy) is 1. The molecule has 1 N–H and O–H groups in total. The first-order valence-corrected chi connectivity index (χ1v) is 3.82. The molecule has 0 aromatic rings. The van der Waals surface area contributed by atoms with Gasteiger partial charge in [-0.3, -0.25) is 0 Å². The van der Waals surface area contributed by atoms with Gasteiger partial charge in [0.15, 0.2) is 0 Å². The molecule has 0 amide bonds. The lowest BCUT2D eigenvalue weighted by Crippen LogP contribution is -2.30. The third kappa shape index (κ3) is 2.64. The molecule has 0 saturated carbocycles. The normalized spacial score (nSPS) is 27.5. The Balaban J connectivity index is 2.30. The predicted octanol–water partition coefficient (Wildman–Crippen LogP) is 1.34. The van der Waals surface area contributed by atoms with Crippen molar-refractivity contribution in [1.29, 1.82) is 0 Å². The van der Waals surface area contributed by atoms with E-state index in [1.807, 2.05) is 0 Å². The third-order valence-electron chi connectivity index (χ3n) is 1.96. The van der Waals surface area contributed by atoms with Crippen molar-refractivity contribution < 1.29 is 23.0 Å². The lowest BCUT2D eigenvalue weighted by molar-refractivity contribution is -0.208. The number of aliphatic hydroxyl groups is 1. The van der Waals surface area contributed by atoms with Crippen LogP contribution in [-0.4, -0.2) is 30.6 Å². The van der Waals surface area contributed by atoms with Gasteiger partial charge in [-0.25, -0.2) is 0 Å². The molecule has 1 aliphatic rings. The summed E-state index contributed by atoms with van der Waals surface area (Å²) in [7, 11) is 0. The fraction of sp³-hybridized carbons (Fsp3) is 1.00. The van der Waals surface area contributed by atoms with Crippen LogP contribution < -0.4 is 0 Å². The highest BCUT2D eigenvalue weighted by molar-refractivity contribution is 4.73. The summed E-state index contributed by atoms with van der Waals surface area (Å²) in [5.74, 6) is -0.137. The molecular weight excluding hydrogens is 173 g/mol. The van der Waals surface area contributed by atoms with Gasteiger partial charge >= 0.3 is 6.18 Å². The highest BCUT2D eigenvalue weighted by Crippen LogP contribution is 2.27. The van der Waals surface area contributed by atoms with E-state index in [1.54, 1.807) is 0 Å². The predicted molar refractivity (Wildman–Crippen MR) is 35.6 cm³/mol. The zero-order valence-electron chi connectivity index (χ0n) is 6.47. The van der Waals surface area contributed by atoms with Crippen molar-refractivity contribution in [2.75, 3.05) is 13.2 Å². The van der Waals surface area contributed by atoms with Gasteiger partial charge in [-0.1, -0.05) is 0 Å². The van der Waals surface area contributed by atoms with Crippen LogP contribution in [0.2, 0.25) is 0 Å². The van der Waals surface area contributed by atoms with Crippen molar-refractivity contribution in [3.63, 3.8) is 0 Å². The van der Waals surface area contributed by atoms with Crippen LogP contribution in [0.4, 0.5) is 13.2 Å². The topological polar surface area (TPSA) is 29.5 Å². The summed E-state index contributed by atoms with van der Waals surface area (Å²) < 4.78 is 40.3. The maximum Gasteiger partial charge on any atom is 0.414 e. The van der Waals surface area contributed by atoms with E-state index >= 15 is 0 Å². The fourth-order valence-electron chi connectivity index (χ4n) is 1.22. The van der Waals surface area contributed by atoms with E-state index < -0.39 is 12.3 Å². The molecule has 12 heavy (non-hydrogen) atoms. The van der Waals surface area contributed by atoms with E-state index in [0.717, 1.165) is 0 Å². The van der Waals surface area contributed by atoms with E-state index in [9.17, 15) is 13.2 Å². The van der Waals surface area contributed by atoms with Crippen LogP contribution in [0.5, 0.6) is 0 Å². The Morgan fingerprint density at radius 2 is 2.17 bits per heavy atom. The van der Waals surface area contributed by atoms with Crippen LogP contribution in [-0.2, 0) is 4.74 Å². The number of hydrogen-bond acceptors (Lipinski definition) is 2. The van der Waals surface area contributed by atoms with Crippen LogP contribution in [0.3, 0.4) is 0 Å². The SMILES string of the molecule is O[C@@H](CC1CCOC1)C(F)(F)F. The Morgan fingerprint density at radius 3 is 2.58 bits per heavy atom. The second-order valence-corrected chi connectivity index (χ2v) is 3.02. The molecule has 5 heteroatoms. The van der Waals surface area contributed by atoms with Gasteiger partial charge in [0.2, 0.25) is 0 Å². The molecular formula is C7H11F3O2. The van der Waals surface area contributed by atoms with Crippen LogP contribution >= 0.6 is 0 Å². The van der Waals surface area contributed by atoms with Gasteiger partial charge in [0.25, 0.3) is 0 Å². The Morgan fingerprint density at radius 1 is 1.50 bits per heavy atom. The summed E-state index contributed by atoms with van der Waals surface area (Å²) in [5.41, 5.74) is 0. The average molecular weight is 184 g/mol. The molecule has 1 unspecified atom stereocenters. The summed E-state index contributed by atoms with van der Waals surface area (Å²) in [6.45, 7) is 0.850. The second kappa shape index (κ2) is 3.62. The van der Waals surface area contributed by atoms with E-state index in [2.05, 4.69) is 0 Å². The fourth-order valence-corrected chi connectivity index (χ4v) is 1.22. The highest BCUT2D eigenvalue weighted by Gasteiger charge is 2.39. The minimum atomic E-state index is -4.48. The van der Waals surface area contributed by atoms with Gasteiger partial charge in [-0.2, -0.15) is 13.2 Å². The van der Waals surface area contributed by atoms with E-state index in [4.69, 9.17) is 9.84 Å². The average Bonchev–Trinajstić information content (AvgIpc) is 2.37. The lowest BCUT2D eigenvalue weighted by Gasteiger charge is -2.16. The molecule has 0 aromatic heterocycles. The number of halogens is 3. The number of alkyl halides is 3. The lowest BCUT2D eigenvalue weighted by atomic mass is 10.0. The standard InChI is InChI=1S/C7H11F3O2/c8-7(9,10)6(11)3-5-1-2-12-4-5/h5-6,11H,1-4H2/t5?,6-/m0/s1. The summed E-state index contributed by atoms with van der Waals surface area (Å²) in [5, 5.41) is 8.67. The Kier molecular flexibility index (Phi) is 2.95. The first-order chi connectivity index (χ1) is 5.50. The Labute approximate surface area is 68.3 Å². The Hall–Kier alpha value is -0.290. The first-order valence-electron chi connectivity index (χ1n) is 3.82. The molecule has 0 aromatic carbocycles. The van der Waals surface area contributed by atoms with Crippen LogP contribution in [0.1, 0.15) is 12.8 Å². The molecule has 72 valence electrons. The molecule has 0 bridgehead atoms. The summed E-state index contributed by atoms with van der Waals surface area (Å²) in [6, 6.07) is 0. The molecule has 1 heterocycles. The molecule has 2 nitrogen and oxygen atoms in total. The van der Waals surface area contributed by atoms with Crippen molar-refractivity contribution in [3.8, 4) is 0 Å². The van der Waals surface area contributed by atoms with Gasteiger partial charge in [0.1, 0.15) is 6.10 Å². The summed E-state index contributed by atoms with van der Waals surface area (Å²) >= 11 is 0. The van der Waals surface area contributed by atoms with Crippen molar-refractivity contribution >= 4 is 0 Å². The highest BCUT2D eigenvalue weighted by atomic mass is 19.4. The zero-order valence-corrected chi connectivity index (χ0v) is 6.47. The van der Waals surface area contributed by atoms with Crippen LogP contribution in [0, 0.1) is 5.92 Å². The second-order valence-electron chi connectivity index (χ2n) is 3.02. The molecule has 0 radical (unpaired) electrons. The van der Waals surface area contributed by atoms with Crippen molar-refractivity contribution in [3.05, 3.63) is 0 Å². The molecule has 1 aliphatic heterocycles. The zero-order chi connectivity index (χ0) is 9.19. The van der Waals surface area contributed by atoms with Crippen LogP contribution in [0.15, 0.2) is 0 Å². The first kappa shape index (κ1) is 9.80.